The maximum Gasteiger partial charge on any atom is 0.231 e. The van der Waals surface area contributed by atoms with Gasteiger partial charge in [-0.2, -0.15) is 0 Å². The first kappa shape index (κ1) is 19.2. The average molecular weight is 395 g/mol. The highest BCUT2D eigenvalue weighted by molar-refractivity contribution is 6.30. The van der Waals surface area contributed by atoms with Crippen LogP contribution in [0.2, 0.25) is 5.02 Å². The van der Waals surface area contributed by atoms with Crippen molar-refractivity contribution in [1.29, 1.82) is 0 Å². The van der Waals surface area contributed by atoms with Gasteiger partial charge in [0.05, 0.1) is 12.0 Å². The van der Waals surface area contributed by atoms with Gasteiger partial charge in [-0.25, -0.2) is 0 Å². The van der Waals surface area contributed by atoms with Gasteiger partial charge in [0, 0.05) is 18.1 Å². The van der Waals surface area contributed by atoms with E-state index in [1.165, 1.54) is 18.4 Å². The summed E-state index contributed by atoms with van der Waals surface area (Å²) in [5.74, 6) is 0.0566. The molecule has 0 aliphatic carbocycles. The third kappa shape index (κ3) is 4.31. The van der Waals surface area contributed by atoms with Gasteiger partial charge in [-0.1, -0.05) is 66.2 Å². The summed E-state index contributed by atoms with van der Waals surface area (Å²) in [7, 11) is 0. The quantitative estimate of drug-likeness (QED) is 0.662. The molecule has 28 heavy (non-hydrogen) atoms. The first-order chi connectivity index (χ1) is 13.7. The monoisotopic (exact) mass is 394 g/mol. The molecule has 0 aromatic heterocycles. The number of hydrogen-bond acceptors (Lipinski definition) is 2. The van der Waals surface area contributed by atoms with Gasteiger partial charge in [-0.05, 0) is 55.6 Å². The molecular formula is C24H27ClN2O. The molecular weight excluding hydrogens is 368 g/mol. The lowest BCUT2D eigenvalue weighted by Gasteiger charge is -2.35. The van der Waals surface area contributed by atoms with Gasteiger partial charge < -0.3 is 9.80 Å². The van der Waals surface area contributed by atoms with Crippen LogP contribution in [0.3, 0.4) is 0 Å². The third-order valence-electron chi connectivity index (χ3n) is 5.88. The molecule has 0 radical (unpaired) electrons. The second kappa shape index (κ2) is 8.93. The van der Waals surface area contributed by atoms with Crippen LogP contribution in [-0.4, -0.2) is 41.9 Å². The van der Waals surface area contributed by atoms with Crippen molar-refractivity contribution in [3.05, 3.63) is 82.9 Å². The highest BCUT2D eigenvalue weighted by atomic mass is 35.5. The predicted molar refractivity (Wildman–Crippen MR) is 115 cm³/mol. The molecule has 146 valence electrons. The normalized spacial score (nSPS) is 21.7. The zero-order valence-electron chi connectivity index (χ0n) is 16.1. The molecule has 1 unspecified atom stereocenters. The Kier molecular flexibility index (Phi) is 6.13. The first-order valence-electron chi connectivity index (χ1n) is 10.2. The van der Waals surface area contributed by atoms with Crippen LogP contribution in [0.15, 0.2) is 66.7 Å². The van der Waals surface area contributed by atoms with Gasteiger partial charge in [0.15, 0.2) is 0 Å². The summed E-state index contributed by atoms with van der Waals surface area (Å²) in [6.45, 7) is 3.82. The number of carbonyl (C=O) groups excluding carboxylic acids is 1. The van der Waals surface area contributed by atoms with E-state index < -0.39 is 0 Å². The fourth-order valence-corrected chi connectivity index (χ4v) is 4.46. The summed E-state index contributed by atoms with van der Waals surface area (Å²) in [6, 6.07) is 18.3. The molecule has 2 aromatic rings. The van der Waals surface area contributed by atoms with Crippen molar-refractivity contribution < 1.29 is 4.79 Å². The second-order valence-corrected chi connectivity index (χ2v) is 8.17. The van der Waals surface area contributed by atoms with Crippen LogP contribution in [-0.2, 0) is 4.79 Å². The van der Waals surface area contributed by atoms with Crippen molar-refractivity contribution in [2.24, 2.45) is 0 Å². The van der Waals surface area contributed by atoms with Gasteiger partial charge in [-0.15, -0.1) is 0 Å². The minimum atomic E-state index is -0.152. The van der Waals surface area contributed by atoms with E-state index in [-0.39, 0.29) is 17.9 Å². The Balaban J connectivity index is 1.64. The minimum Gasteiger partial charge on any atom is -0.330 e. The number of allylic oxidation sites excluding steroid dienone is 1. The van der Waals surface area contributed by atoms with E-state index in [0.29, 0.717) is 11.6 Å². The third-order valence-corrected chi connectivity index (χ3v) is 6.14. The van der Waals surface area contributed by atoms with Crippen molar-refractivity contribution in [2.45, 2.75) is 31.2 Å². The molecule has 0 bridgehead atoms. The molecule has 1 saturated heterocycles. The number of nitrogens with zero attached hydrogens (tertiary/aromatic N) is 2. The van der Waals surface area contributed by atoms with E-state index in [4.69, 9.17) is 11.6 Å². The van der Waals surface area contributed by atoms with Crippen LogP contribution >= 0.6 is 11.6 Å². The molecule has 0 saturated carbocycles. The lowest BCUT2D eigenvalue weighted by atomic mass is 9.93. The van der Waals surface area contributed by atoms with Gasteiger partial charge in [0.25, 0.3) is 0 Å². The van der Waals surface area contributed by atoms with Crippen LogP contribution in [0, 0.1) is 0 Å². The van der Waals surface area contributed by atoms with Crippen LogP contribution < -0.4 is 0 Å². The maximum absolute atomic E-state index is 13.7. The maximum atomic E-state index is 13.7. The molecule has 0 N–H and O–H groups in total. The number of hydrogen-bond donors (Lipinski definition) is 0. The molecule has 2 heterocycles. The summed E-state index contributed by atoms with van der Waals surface area (Å²) in [5.41, 5.74) is 2.26. The molecule has 0 spiro atoms. The van der Waals surface area contributed by atoms with Crippen LogP contribution in [0.25, 0.3) is 0 Å². The van der Waals surface area contributed by atoms with E-state index in [9.17, 15) is 4.79 Å². The van der Waals surface area contributed by atoms with Gasteiger partial charge in [0.2, 0.25) is 5.91 Å². The topological polar surface area (TPSA) is 23.6 Å². The number of carbonyl (C=O) groups is 1. The number of halogens is 1. The fourth-order valence-electron chi connectivity index (χ4n) is 4.33. The summed E-state index contributed by atoms with van der Waals surface area (Å²) >= 11 is 6.06. The van der Waals surface area contributed by atoms with E-state index in [2.05, 4.69) is 46.2 Å². The summed E-state index contributed by atoms with van der Waals surface area (Å²) in [4.78, 5) is 18.2. The molecule has 2 aliphatic heterocycles. The van der Waals surface area contributed by atoms with Crippen LogP contribution in [0.5, 0.6) is 0 Å². The molecule has 2 aromatic carbocycles. The van der Waals surface area contributed by atoms with Crippen molar-refractivity contribution in [2.75, 3.05) is 26.2 Å². The van der Waals surface area contributed by atoms with Gasteiger partial charge >= 0.3 is 0 Å². The molecule has 2 aliphatic rings. The Morgan fingerprint density at radius 2 is 1.68 bits per heavy atom. The Morgan fingerprint density at radius 3 is 2.39 bits per heavy atom. The first-order valence-corrected chi connectivity index (χ1v) is 10.6. The van der Waals surface area contributed by atoms with Crippen molar-refractivity contribution in [3.63, 3.8) is 0 Å². The molecule has 1 fully saturated rings. The lowest BCUT2D eigenvalue weighted by Crippen LogP contribution is -2.42. The number of benzene rings is 2. The second-order valence-electron chi connectivity index (χ2n) is 7.74. The standard InChI is InChI=1S/C24H27ClN2O/c25-21-13-11-19(12-14-21)22-10-4-5-17-27(24(22)28)23(18-26-15-6-7-16-26)20-8-2-1-3-9-20/h1-5,8-9,11-14,22-23H,6-7,10,15-18H2/t22-,23?/m1/s1. The number of likely N-dealkylation sites (tertiary alicyclic amines) is 1. The molecule has 4 heteroatoms. The van der Waals surface area contributed by atoms with E-state index >= 15 is 0 Å². The highest BCUT2D eigenvalue weighted by Crippen LogP contribution is 2.32. The van der Waals surface area contributed by atoms with Crippen LogP contribution in [0.4, 0.5) is 0 Å². The Morgan fingerprint density at radius 1 is 0.964 bits per heavy atom. The summed E-state index contributed by atoms with van der Waals surface area (Å²) in [5, 5.41) is 0.702. The van der Waals surface area contributed by atoms with E-state index in [0.717, 1.165) is 31.6 Å². The van der Waals surface area contributed by atoms with Crippen molar-refractivity contribution in [3.8, 4) is 0 Å². The predicted octanol–water partition coefficient (Wildman–Crippen LogP) is 5.05. The van der Waals surface area contributed by atoms with E-state index in [1.807, 2.05) is 30.3 Å². The SMILES string of the molecule is O=C1[C@@H](c2ccc(Cl)cc2)CC=CCN1C(CN1CCCC1)c1ccccc1. The van der Waals surface area contributed by atoms with Crippen LogP contribution in [0.1, 0.15) is 42.3 Å². The van der Waals surface area contributed by atoms with Gasteiger partial charge in [-0.3, -0.25) is 4.79 Å². The fraction of sp³-hybridized carbons (Fsp3) is 0.375. The van der Waals surface area contributed by atoms with Crippen molar-refractivity contribution >= 4 is 17.5 Å². The van der Waals surface area contributed by atoms with E-state index in [1.54, 1.807) is 0 Å². The zero-order chi connectivity index (χ0) is 19.3. The van der Waals surface area contributed by atoms with Crippen molar-refractivity contribution in [1.82, 2.24) is 9.80 Å². The lowest BCUT2D eigenvalue weighted by molar-refractivity contribution is -0.134. The largest absolute Gasteiger partial charge is 0.330 e. The molecule has 3 nitrogen and oxygen atoms in total. The average Bonchev–Trinajstić information content (AvgIpc) is 3.17. The zero-order valence-corrected chi connectivity index (χ0v) is 16.9. The Labute approximate surface area is 172 Å². The van der Waals surface area contributed by atoms with Gasteiger partial charge in [0.1, 0.15) is 0 Å². The Bertz CT molecular complexity index is 812. The smallest absolute Gasteiger partial charge is 0.231 e. The minimum absolute atomic E-state index is 0.0735. The molecule has 4 rings (SSSR count). The Hall–Kier alpha value is -2.10. The highest BCUT2D eigenvalue weighted by Gasteiger charge is 2.33. The summed E-state index contributed by atoms with van der Waals surface area (Å²) in [6.07, 6.45) is 7.54. The number of rotatable bonds is 5. The molecule has 2 atom stereocenters. The summed E-state index contributed by atoms with van der Waals surface area (Å²) < 4.78 is 0. The number of amides is 1. The molecule has 1 amide bonds.